The molecular formula is C25H27FN2O4S. The summed E-state index contributed by atoms with van der Waals surface area (Å²) in [7, 11) is -1.43. The van der Waals surface area contributed by atoms with E-state index in [9.17, 15) is 18.5 Å². The van der Waals surface area contributed by atoms with Crippen molar-refractivity contribution < 1.29 is 23.2 Å². The van der Waals surface area contributed by atoms with E-state index in [1.54, 1.807) is 36.5 Å². The molecule has 2 aromatic carbocycles. The summed E-state index contributed by atoms with van der Waals surface area (Å²) in [6.07, 6.45) is 3.32. The van der Waals surface area contributed by atoms with Gasteiger partial charge in [0.1, 0.15) is 17.4 Å². The number of pyridine rings is 1. The topological polar surface area (TPSA) is 88.5 Å². The maximum absolute atomic E-state index is 13.2. The van der Waals surface area contributed by atoms with Crippen molar-refractivity contribution in [3.8, 4) is 5.75 Å². The highest BCUT2D eigenvalue weighted by Gasteiger charge is 2.20. The Morgan fingerprint density at radius 2 is 1.91 bits per heavy atom. The lowest BCUT2D eigenvalue weighted by atomic mass is 9.98. The van der Waals surface area contributed by atoms with E-state index in [1.165, 1.54) is 12.1 Å². The van der Waals surface area contributed by atoms with Crippen LogP contribution >= 0.6 is 0 Å². The Morgan fingerprint density at radius 3 is 2.64 bits per heavy atom. The Labute approximate surface area is 195 Å². The molecule has 0 aliphatic carbocycles. The van der Waals surface area contributed by atoms with Crippen molar-refractivity contribution in [3.63, 3.8) is 0 Å². The predicted molar refractivity (Wildman–Crippen MR) is 127 cm³/mol. The number of aromatic nitrogens is 1. The largest absolute Gasteiger partial charge is 0.494 e. The van der Waals surface area contributed by atoms with Gasteiger partial charge in [-0.05, 0) is 60.9 Å². The van der Waals surface area contributed by atoms with Crippen LogP contribution in [0.3, 0.4) is 0 Å². The third kappa shape index (κ3) is 8.31. The summed E-state index contributed by atoms with van der Waals surface area (Å²) in [5.74, 6) is -0.284. The molecule has 0 radical (unpaired) electrons. The Balaban J connectivity index is 1.50. The smallest absolute Gasteiger partial charge is 0.303 e. The fourth-order valence-electron chi connectivity index (χ4n) is 3.30. The van der Waals surface area contributed by atoms with E-state index in [2.05, 4.69) is 10.3 Å². The molecule has 0 aliphatic heterocycles. The molecule has 2 N–H and O–H groups in total. The minimum Gasteiger partial charge on any atom is -0.494 e. The SMILES string of the molecule is O=C(O)CC(CS(=O)c1cccc(OCCCCNc2ccccn2)c1)c1ccc(F)cc1. The number of hydrogen-bond donors (Lipinski definition) is 2. The fourth-order valence-corrected chi connectivity index (χ4v) is 4.65. The van der Waals surface area contributed by atoms with E-state index < -0.39 is 28.5 Å². The van der Waals surface area contributed by atoms with E-state index in [4.69, 9.17) is 4.74 Å². The Bertz CT molecular complexity index is 1050. The molecule has 1 heterocycles. The average molecular weight is 471 g/mol. The summed E-state index contributed by atoms with van der Waals surface area (Å²) < 4.78 is 32.0. The van der Waals surface area contributed by atoms with Crippen molar-refractivity contribution in [3.05, 3.63) is 84.3 Å². The third-order valence-electron chi connectivity index (χ3n) is 4.99. The van der Waals surface area contributed by atoms with Crippen molar-refractivity contribution in [2.75, 3.05) is 24.2 Å². The van der Waals surface area contributed by atoms with E-state index in [-0.39, 0.29) is 12.2 Å². The van der Waals surface area contributed by atoms with Crippen LogP contribution in [0.15, 0.2) is 77.8 Å². The van der Waals surface area contributed by atoms with Crippen LogP contribution < -0.4 is 10.1 Å². The first kappa shape index (κ1) is 24.4. The summed E-state index contributed by atoms with van der Waals surface area (Å²) in [5.41, 5.74) is 0.652. The van der Waals surface area contributed by atoms with E-state index in [0.717, 1.165) is 25.2 Å². The first-order valence-corrected chi connectivity index (χ1v) is 12.1. The van der Waals surface area contributed by atoms with Crippen molar-refractivity contribution in [2.45, 2.75) is 30.1 Å². The van der Waals surface area contributed by atoms with Gasteiger partial charge < -0.3 is 15.2 Å². The van der Waals surface area contributed by atoms with Crippen LogP contribution in [0.25, 0.3) is 0 Å². The number of nitrogens with one attached hydrogen (secondary N) is 1. The highest BCUT2D eigenvalue weighted by molar-refractivity contribution is 7.85. The molecule has 2 unspecified atom stereocenters. The molecule has 8 heteroatoms. The van der Waals surface area contributed by atoms with Crippen LogP contribution in [0, 0.1) is 5.82 Å². The van der Waals surface area contributed by atoms with Gasteiger partial charge in [-0.3, -0.25) is 9.00 Å². The zero-order valence-corrected chi connectivity index (χ0v) is 19.0. The van der Waals surface area contributed by atoms with Gasteiger partial charge in [0, 0.05) is 29.3 Å². The molecule has 0 saturated heterocycles. The van der Waals surface area contributed by atoms with Gasteiger partial charge in [-0.15, -0.1) is 0 Å². The predicted octanol–water partition coefficient (Wildman–Crippen LogP) is 4.86. The lowest BCUT2D eigenvalue weighted by molar-refractivity contribution is -0.137. The monoisotopic (exact) mass is 470 g/mol. The number of rotatable bonds is 13. The standard InChI is InChI=1S/C25H27FN2O4S/c26-21-11-9-19(10-12-21)20(16-25(29)30)18-33(31)23-7-5-6-22(17-23)32-15-4-3-14-28-24-8-1-2-13-27-24/h1-2,5-13,17,20H,3-4,14-16,18H2,(H,27,28)(H,29,30). The number of unbranched alkanes of at least 4 members (excludes halogenated alkanes) is 1. The second kappa shape index (κ2) is 12.7. The third-order valence-corrected chi connectivity index (χ3v) is 6.48. The molecule has 0 aliphatic rings. The zero-order chi connectivity index (χ0) is 23.5. The quantitative estimate of drug-likeness (QED) is 0.347. The van der Waals surface area contributed by atoms with Gasteiger partial charge in [0.25, 0.3) is 0 Å². The molecule has 0 saturated carbocycles. The number of nitrogens with zero attached hydrogens (tertiary/aromatic N) is 1. The Morgan fingerprint density at radius 1 is 1.09 bits per heavy atom. The van der Waals surface area contributed by atoms with Crippen LogP contribution in [0.1, 0.15) is 30.7 Å². The first-order chi connectivity index (χ1) is 16.0. The Kier molecular flexibility index (Phi) is 9.38. The van der Waals surface area contributed by atoms with Crippen LogP contribution in [0.4, 0.5) is 10.2 Å². The normalized spacial score (nSPS) is 12.6. The van der Waals surface area contributed by atoms with Crippen molar-refractivity contribution in [1.82, 2.24) is 4.98 Å². The minimum absolute atomic E-state index is 0.126. The number of hydrogen-bond acceptors (Lipinski definition) is 5. The van der Waals surface area contributed by atoms with E-state index in [1.807, 2.05) is 24.3 Å². The summed E-state index contributed by atoms with van der Waals surface area (Å²) in [6.45, 7) is 1.32. The summed E-state index contributed by atoms with van der Waals surface area (Å²) >= 11 is 0. The molecule has 0 bridgehead atoms. The fraction of sp³-hybridized carbons (Fsp3) is 0.280. The van der Waals surface area contributed by atoms with Gasteiger partial charge in [-0.25, -0.2) is 9.37 Å². The molecular weight excluding hydrogens is 443 g/mol. The van der Waals surface area contributed by atoms with Gasteiger partial charge in [-0.2, -0.15) is 0 Å². The number of carboxylic acids is 1. The van der Waals surface area contributed by atoms with E-state index in [0.29, 0.717) is 22.8 Å². The lowest BCUT2D eigenvalue weighted by Crippen LogP contribution is -2.14. The summed E-state index contributed by atoms with van der Waals surface area (Å²) in [4.78, 5) is 16.1. The molecule has 0 spiro atoms. The van der Waals surface area contributed by atoms with Crippen LogP contribution in [0.5, 0.6) is 5.75 Å². The zero-order valence-electron chi connectivity index (χ0n) is 18.2. The highest BCUT2D eigenvalue weighted by Crippen LogP contribution is 2.25. The Hall–Kier alpha value is -3.26. The number of aliphatic carboxylic acids is 1. The lowest BCUT2D eigenvalue weighted by Gasteiger charge is -2.15. The molecule has 0 fully saturated rings. The molecule has 3 rings (SSSR count). The van der Waals surface area contributed by atoms with Crippen molar-refractivity contribution in [2.24, 2.45) is 0 Å². The van der Waals surface area contributed by atoms with Crippen molar-refractivity contribution >= 4 is 22.6 Å². The van der Waals surface area contributed by atoms with Gasteiger partial charge >= 0.3 is 5.97 Å². The summed E-state index contributed by atoms with van der Waals surface area (Å²) in [6, 6.07) is 18.4. The second-order valence-corrected chi connectivity index (χ2v) is 9.03. The first-order valence-electron chi connectivity index (χ1n) is 10.7. The summed E-state index contributed by atoms with van der Waals surface area (Å²) in [5, 5.41) is 12.5. The minimum atomic E-state index is -1.43. The van der Waals surface area contributed by atoms with Crippen LogP contribution in [0.2, 0.25) is 0 Å². The van der Waals surface area contributed by atoms with Gasteiger partial charge in [0.05, 0.1) is 23.8 Å². The van der Waals surface area contributed by atoms with Crippen molar-refractivity contribution in [1.29, 1.82) is 0 Å². The average Bonchev–Trinajstić information content (AvgIpc) is 2.82. The number of anilines is 1. The molecule has 3 aromatic rings. The molecule has 6 nitrogen and oxygen atoms in total. The maximum atomic E-state index is 13.2. The molecule has 174 valence electrons. The number of carboxylic acid groups (broad SMARTS) is 1. The maximum Gasteiger partial charge on any atom is 0.303 e. The van der Waals surface area contributed by atoms with Crippen LogP contribution in [-0.2, 0) is 15.6 Å². The number of ether oxygens (including phenoxy) is 1. The second-order valence-electron chi connectivity index (χ2n) is 7.53. The number of benzene rings is 2. The van der Waals surface area contributed by atoms with Gasteiger partial charge in [-0.1, -0.05) is 24.3 Å². The van der Waals surface area contributed by atoms with Gasteiger partial charge in [0.2, 0.25) is 0 Å². The molecule has 1 aromatic heterocycles. The van der Waals surface area contributed by atoms with Crippen LogP contribution in [-0.4, -0.2) is 39.2 Å². The molecule has 0 amide bonds. The molecule has 33 heavy (non-hydrogen) atoms. The van der Waals surface area contributed by atoms with Gasteiger partial charge in [0.15, 0.2) is 0 Å². The highest BCUT2D eigenvalue weighted by atomic mass is 32.2. The van der Waals surface area contributed by atoms with E-state index >= 15 is 0 Å². The molecule has 2 atom stereocenters. The number of halogens is 1. The number of carbonyl (C=O) groups is 1.